The maximum atomic E-state index is 8.96. The van der Waals surface area contributed by atoms with Crippen molar-refractivity contribution in [2.75, 3.05) is 0 Å². The predicted molar refractivity (Wildman–Crippen MR) is 40.0 cm³/mol. The van der Waals surface area contributed by atoms with Crippen molar-refractivity contribution < 1.29 is 15.3 Å². The highest BCUT2D eigenvalue weighted by Crippen LogP contribution is 2.19. The monoisotopic (exact) mass is 154 g/mol. The van der Waals surface area contributed by atoms with Gasteiger partial charge in [0, 0.05) is 5.56 Å². The molecule has 3 nitrogen and oxygen atoms in total. The molecule has 11 heavy (non-hydrogen) atoms. The van der Waals surface area contributed by atoms with Crippen LogP contribution < -0.4 is 0 Å². The summed E-state index contributed by atoms with van der Waals surface area (Å²) >= 11 is 0. The molecule has 1 aromatic rings. The number of hydrogen-bond donors (Lipinski definition) is 3. The second-order valence-electron chi connectivity index (χ2n) is 2.41. The van der Waals surface area contributed by atoms with E-state index in [9.17, 15) is 0 Å². The molecule has 1 rings (SSSR count). The Morgan fingerprint density at radius 1 is 1.27 bits per heavy atom. The number of hydrogen-bond acceptors (Lipinski definition) is 3. The minimum Gasteiger partial charge on any atom is -0.508 e. The molecule has 0 aliphatic heterocycles. The summed E-state index contributed by atoms with van der Waals surface area (Å²) in [5, 5.41) is 26.5. The molecule has 0 unspecified atom stereocenters. The lowest BCUT2D eigenvalue weighted by atomic mass is 10.1. The third-order valence-electron chi connectivity index (χ3n) is 1.53. The summed E-state index contributed by atoms with van der Waals surface area (Å²) in [6.07, 6.45) is -1.46. The van der Waals surface area contributed by atoms with Crippen LogP contribution in [0.15, 0.2) is 18.2 Å². The molecule has 0 heterocycles. The maximum Gasteiger partial charge on any atom is 0.178 e. The lowest BCUT2D eigenvalue weighted by molar-refractivity contribution is -0.0429. The Bertz CT molecular complexity index is 256. The van der Waals surface area contributed by atoms with Gasteiger partial charge in [0.1, 0.15) is 5.75 Å². The van der Waals surface area contributed by atoms with Gasteiger partial charge in [0.05, 0.1) is 0 Å². The van der Waals surface area contributed by atoms with Gasteiger partial charge in [-0.25, -0.2) is 0 Å². The molecule has 0 saturated heterocycles. The van der Waals surface area contributed by atoms with Crippen LogP contribution in [0.2, 0.25) is 0 Å². The molecular weight excluding hydrogens is 144 g/mol. The van der Waals surface area contributed by atoms with E-state index >= 15 is 0 Å². The first-order chi connectivity index (χ1) is 5.11. The van der Waals surface area contributed by atoms with Crippen LogP contribution in [0.5, 0.6) is 5.75 Å². The molecule has 0 aliphatic carbocycles. The molecule has 3 heteroatoms. The fourth-order valence-corrected chi connectivity index (χ4v) is 0.950. The minimum atomic E-state index is -1.46. The van der Waals surface area contributed by atoms with E-state index in [2.05, 4.69) is 0 Å². The molecular formula is C8H10O3. The Hall–Kier alpha value is -1.06. The van der Waals surface area contributed by atoms with E-state index in [4.69, 9.17) is 15.3 Å². The van der Waals surface area contributed by atoms with Crippen molar-refractivity contribution in [1.82, 2.24) is 0 Å². The van der Waals surface area contributed by atoms with Gasteiger partial charge in [-0.3, -0.25) is 0 Å². The first-order valence-corrected chi connectivity index (χ1v) is 3.27. The Morgan fingerprint density at radius 2 is 1.91 bits per heavy atom. The number of aryl methyl sites for hydroxylation is 1. The van der Waals surface area contributed by atoms with E-state index in [0.717, 1.165) is 0 Å². The van der Waals surface area contributed by atoms with E-state index in [1.54, 1.807) is 6.92 Å². The highest BCUT2D eigenvalue weighted by molar-refractivity contribution is 5.34. The number of phenolic OH excluding ortho intramolecular Hbond substituents is 1. The van der Waals surface area contributed by atoms with Crippen molar-refractivity contribution >= 4 is 0 Å². The third kappa shape index (κ3) is 1.69. The van der Waals surface area contributed by atoms with Gasteiger partial charge in [0.25, 0.3) is 0 Å². The summed E-state index contributed by atoms with van der Waals surface area (Å²) in [6.45, 7) is 1.70. The van der Waals surface area contributed by atoms with E-state index in [1.165, 1.54) is 18.2 Å². The van der Waals surface area contributed by atoms with E-state index in [0.29, 0.717) is 11.1 Å². The van der Waals surface area contributed by atoms with Gasteiger partial charge in [0.15, 0.2) is 6.29 Å². The third-order valence-corrected chi connectivity index (χ3v) is 1.53. The van der Waals surface area contributed by atoms with Crippen molar-refractivity contribution in [2.45, 2.75) is 13.2 Å². The van der Waals surface area contributed by atoms with Gasteiger partial charge >= 0.3 is 0 Å². The molecule has 0 aromatic heterocycles. The molecule has 60 valence electrons. The molecule has 0 spiro atoms. The highest BCUT2D eigenvalue weighted by Gasteiger charge is 2.05. The standard InChI is InChI=1S/C8H10O3/c1-5-4-6(9)2-3-7(5)8(10)11/h2-4,8-11H,1H3. The van der Waals surface area contributed by atoms with Crippen LogP contribution in [0.1, 0.15) is 17.4 Å². The predicted octanol–water partition coefficient (Wildman–Crippen LogP) is 0.684. The zero-order valence-corrected chi connectivity index (χ0v) is 6.15. The number of phenols is 1. The fraction of sp³-hybridized carbons (Fsp3) is 0.250. The SMILES string of the molecule is Cc1cc(O)ccc1C(O)O. The van der Waals surface area contributed by atoms with Crippen LogP contribution in [0.3, 0.4) is 0 Å². The molecule has 3 N–H and O–H groups in total. The smallest absolute Gasteiger partial charge is 0.178 e. The quantitative estimate of drug-likeness (QED) is 0.521. The summed E-state index contributed by atoms with van der Waals surface area (Å²) in [5.41, 5.74) is 1.09. The number of benzene rings is 1. The fourth-order valence-electron chi connectivity index (χ4n) is 0.950. The topological polar surface area (TPSA) is 60.7 Å². The van der Waals surface area contributed by atoms with Gasteiger partial charge in [-0.2, -0.15) is 0 Å². The molecule has 0 atom stereocenters. The first-order valence-electron chi connectivity index (χ1n) is 3.27. The van der Waals surface area contributed by atoms with Crippen LogP contribution in [0.4, 0.5) is 0 Å². The number of rotatable bonds is 1. The minimum absolute atomic E-state index is 0.131. The molecule has 1 aromatic carbocycles. The number of aliphatic hydroxyl groups is 2. The van der Waals surface area contributed by atoms with Gasteiger partial charge in [-0.1, -0.05) is 6.07 Å². The zero-order valence-electron chi connectivity index (χ0n) is 6.15. The zero-order chi connectivity index (χ0) is 8.43. The number of aliphatic hydroxyl groups excluding tert-OH is 1. The van der Waals surface area contributed by atoms with Crippen LogP contribution in [-0.4, -0.2) is 15.3 Å². The van der Waals surface area contributed by atoms with Crippen molar-refractivity contribution in [2.24, 2.45) is 0 Å². The van der Waals surface area contributed by atoms with Crippen LogP contribution in [-0.2, 0) is 0 Å². The molecule has 0 bridgehead atoms. The molecule has 0 amide bonds. The first kappa shape index (κ1) is 8.04. The lowest BCUT2D eigenvalue weighted by Gasteiger charge is -2.06. The summed E-state index contributed by atoms with van der Waals surface area (Å²) in [5.74, 6) is 0.131. The summed E-state index contributed by atoms with van der Waals surface area (Å²) in [4.78, 5) is 0. The second kappa shape index (κ2) is 2.90. The summed E-state index contributed by atoms with van der Waals surface area (Å²) < 4.78 is 0. The Labute approximate surface area is 64.5 Å². The molecule has 0 aliphatic rings. The van der Waals surface area contributed by atoms with Gasteiger partial charge in [-0.05, 0) is 24.6 Å². The second-order valence-corrected chi connectivity index (χ2v) is 2.41. The van der Waals surface area contributed by atoms with Crippen LogP contribution in [0.25, 0.3) is 0 Å². The van der Waals surface area contributed by atoms with Crippen molar-refractivity contribution in [1.29, 1.82) is 0 Å². The summed E-state index contributed by atoms with van der Waals surface area (Å²) in [7, 11) is 0. The Balaban J connectivity index is 3.09. The normalized spacial score (nSPS) is 10.5. The average molecular weight is 154 g/mol. The van der Waals surface area contributed by atoms with Crippen LogP contribution >= 0.6 is 0 Å². The molecule has 0 fully saturated rings. The van der Waals surface area contributed by atoms with E-state index in [-0.39, 0.29) is 5.75 Å². The molecule has 0 saturated carbocycles. The van der Waals surface area contributed by atoms with Crippen molar-refractivity contribution in [3.63, 3.8) is 0 Å². The van der Waals surface area contributed by atoms with Gasteiger partial charge in [-0.15, -0.1) is 0 Å². The lowest BCUT2D eigenvalue weighted by Crippen LogP contribution is -1.96. The molecule has 0 radical (unpaired) electrons. The Kier molecular flexibility index (Phi) is 2.12. The van der Waals surface area contributed by atoms with Crippen LogP contribution in [0, 0.1) is 6.92 Å². The van der Waals surface area contributed by atoms with Gasteiger partial charge in [0.2, 0.25) is 0 Å². The van der Waals surface area contributed by atoms with E-state index < -0.39 is 6.29 Å². The maximum absolute atomic E-state index is 8.96. The largest absolute Gasteiger partial charge is 0.508 e. The average Bonchev–Trinajstić information content (AvgIpc) is 1.85. The highest BCUT2D eigenvalue weighted by atomic mass is 16.5. The Morgan fingerprint density at radius 3 is 2.36 bits per heavy atom. The summed E-state index contributed by atoms with van der Waals surface area (Å²) in [6, 6.07) is 4.38. The van der Waals surface area contributed by atoms with E-state index in [1.807, 2.05) is 0 Å². The van der Waals surface area contributed by atoms with Gasteiger partial charge < -0.3 is 15.3 Å². The number of aromatic hydroxyl groups is 1. The van der Waals surface area contributed by atoms with Crippen molar-refractivity contribution in [3.8, 4) is 5.75 Å². The van der Waals surface area contributed by atoms with Crippen molar-refractivity contribution in [3.05, 3.63) is 29.3 Å².